The Morgan fingerprint density at radius 1 is 1.38 bits per heavy atom. The second kappa shape index (κ2) is 6.33. The van der Waals surface area contributed by atoms with E-state index >= 15 is 0 Å². The number of allylic oxidation sites excluding steroid dienone is 1. The topological polar surface area (TPSA) is 29.5 Å². The highest BCUT2D eigenvalue weighted by molar-refractivity contribution is 5.35. The van der Waals surface area contributed by atoms with Crippen LogP contribution in [0.15, 0.2) is 35.9 Å². The number of ether oxygens (including phenoxy) is 1. The minimum Gasteiger partial charge on any atom is -0.489 e. The van der Waals surface area contributed by atoms with Gasteiger partial charge >= 0.3 is 0 Å². The number of hydrogen-bond acceptors (Lipinski definition) is 2. The van der Waals surface area contributed by atoms with Crippen LogP contribution >= 0.6 is 0 Å². The van der Waals surface area contributed by atoms with Crippen LogP contribution in [0.1, 0.15) is 38.9 Å². The van der Waals surface area contributed by atoms with Gasteiger partial charge < -0.3 is 9.84 Å². The Balaban J connectivity index is 2.75. The molecule has 0 spiro atoms. The molecule has 0 saturated carbocycles. The zero-order valence-electron chi connectivity index (χ0n) is 10.2. The zero-order chi connectivity index (χ0) is 12.0. The molecule has 0 aliphatic heterocycles. The molecule has 1 rings (SSSR count). The van der Waals surface area contributed by atoms with E-state index in [2.05, 4.69) is 0 Å². The first-order valence-corrected chi connectivity index (χ1v) is 5.68. The quantitative estimate of drug-likeness (QED) is 0.770. The highest BCUT2D eigenvalue weighted by atomic mass is 16.5. The SMILES string of the molecule is CCC(O)c1ccccc1OCC=C(C)C. The van der Waals surface area contributed by atoms with Crippen LogP contribution in [-0.4, -0.2) is 11.7 Å². The van der Waals surface area contributed by atoms with Gasteiger partial charge in [-0.2, -0.15) is 0 Å². The average molecular weight is 220 g/mol. The second-order valence-corrected chi connectivity index (χ2v) is 4.05. The van der Waals surface area contributed by atoms with Gasteiger partial charge in [-0.3, -0.25) is 0 Å². The minimum absolute atomic E-state index is 0.442. The lowest BCUT2D eigenvalue weighted by molar-refractivity contribution is 0.168. The summed E-state index contributed by atoms with van der Waals surface area (Å²) in [6.45, 7) is 6.58. The third-order valence-corrected chi connectivity index (χ3v) is 2.40. The number of rotatable bonds is 5. The molecule has 1 aromatic carbocycles. The Labute approximate surface area is 97.6 Å². The summed E-state index contributed by atoms with van der Waals surface area (Å²) < 4.78 is 5.63. The normalized spacial score (nSPS) is 12.0. The molecule has 1 atom stereocenters. The molecule has 0 aromatic heterocycles. The molecule has 0 fully saturated rings. The van der Waals surface area contributed by atoms with Crippen molar-refractivity contribution in [1.82, 2.24) is 0 Å². The summed E-state index contributed by atoms with van der Waals surface area (Å²) in [4.78, 5) is 0. The summed E-state index contributed by atoms with van der Waals surface area (Å²) in [7, 11) is 0. The molecule has 0 aliphatic carbocycles. The van der Waals surface area contributed by atoms with Gasteiger partial charge in [-0.1, -0.05) is 30.7 Å². The molecule has 1 N–H and O–H groups in total. The molecule has 1 aromatic rings. The van der Waals surface area contributed by atoms with Crippen LogP contribution in [-0.2, 0) is 0 Å². The van der Waals surface area contributed by atoms with Gasteiger partial charge in [0.15, 0.2) is 0 Å². The van der Waals surface area contributed by atoms with Gasteiger partial charge in [0.05, 0.1) is 6.10 Å². The standard InChI is InChI=1S/C14H20O2/c1-4-13(15)12-7-5-6-8-14(12)16-10-9-11(2)3/h5-9,13,15H,4,10H2,1-3H3. The van der Waals surface area contributed by atoms with Crippen LogP contribution in [0.3, 0.4) is 0 Å². The molecule has 0 aliphatic rings. The predicted octanol–water partition coefficient (Wildman–Crippen LogP) is 3.48. The van der Waals surface area contributed by atoms with E-state index in [0.717, 1.165) is 11.3 Å². The third-order valence-electron chi connectivity index (χ3n) is 2.40. The van der Waals surface area contributed by atoms with Crippen molar-refractivity contribution >= 4 is 0 Å². The number of benzene rings is 1. The molecule has 2 heteroatoms. The molecule has 0 amide bonds. The third kappa shape index (κ3) is 3.70. The van der Waals surface area contributed by atoms with E-state index in [1.807, 2.05) is 51.1 Å². The fourth-order valence-corrected chi connectivity index (χ4v) is 1.41. The zero-order valence-corrected chi connectivity index (χ0v) is 10.2. The Bertz CT molecular complexity index is 352. The van der Waals surface area contributed by atoms with Gasteiger partial charge in [-0.05, 0) is 32.4 Å². The summed E-state index contributed by atoms with van der Waals surface area (Å²) in [5.41, 5.74) is 2.10. The van der Waals surface area contributed by atoms with Gasteiger partial charge in [0.1, 0.15) is 12.4 Å². The average Bonchev–Trinajstić information content (AvgIpc) is 2.28. The van der Waals surface area contributed by atoms with Crippen LogP contribution in [0.25, 0.3) is 0 Å². The van der Waals surface area contributed by atoms with E-state index in [4.69, 9.17) is 4.74 Å². The van der Waals surface area contributed by atoms with Crippen LogP contribution in [0.2, 0.25) is 0 Å². The molecule has 0 heterocycles. The largest absolute Gasteiger partial charge is 0.489 e. The van der Waals surface area contributed by atoms with Crippen molar-refractivity contribution in [2.24, 2.45) is 0 Å². The maximum Gasteiger partial charge on any atom is 0.125 e. The van der Waals surface area contributed by atoms with E-state index in [0.29, 0.717) is 13.0 Å². The highest BCUT2D eigenvalue weighted by Gasteiger charge is 2.10. The molecule has 16 heavy (non-hydrogen) atoms. The van der Waals surface area contributed by atoms with Gasteiger partial charge in [0.2, 0.25) is 0 Å². The minimum atomic E-state index is -0.442. The van der Waals surface area contributed by atoms with E-state index < -0.39 is 6.10 Å². The van der Waals surface area contributed by atoms with Crippen molar-refractivity contribution in [2.45, 2.75) is 33.3 Å². The van der Waals surface area contributed by atoms with E-state index in [-0.39, 0.29) is 0 Å². The summed E-state index contributed by atoms with van der Waals surface area (Å²) in [5.74, 6) is 0.773. The molecule has 0 radical (unpaired) electrons. The molecular weight excluding hydrogens is 200 g/mol. The lowest BCUT2D eigenvalue weighted by Crippen LogP contribution is -2.02. The van der Waals surface area contributed by atoms with Crippen molar-refractivity contribution < 1.29 is 9.84 Å². The summed E-state index contributed by atoms with van der Waals surface area (Å²) in [6.07, 6.45) is 2.28. The van der Waals surface area contributed by atoms with E-state index in [1.54, 1.807) is 0 Å². The second-order valence-electron chi connectivity index (χ2n) is 4.05. The fraction of sp³-hybridized carbons (Fsp3) is 0.429. The first-order chi connectivity index (χ1) is 7.65. The lowest BCUT2D eigenvalue weighted by atomic mass is 10.1. The maximum absolute atomic E-state index is 9.82. The van der Waals surface area contributed by atoms with Crippen LogP contribution in [0.4, 0.5) is 0 Å². The van der Waals surface area contributed by atoms with Crippen molar-refractivity contribution in [1.29, 1.82) is 0 Å². The number of para-hydroxylation sites is 1. The first kappa shape index (κ1) is 12.8. The van der Waals surface area contributed by atoms with Gasteiger partial charge in [-0.25, -0.2) is 0 Å². The van der Waals surface area contributed by atoms with Gasteiger partial charge in [0.25, 0.3) is 0 Å². The predicted molar refractivity (Wildman–Crippen MR) is 66.6 cm³/mol. The smallest absolute Gasteiger partial charge is 0.125 e. The Morgan fingerprint density at radius 3 is 2.69 bits per heavy atom. The van der Waals surface area contributed by atoms with E-state index in [9.17, 15) is 5.11 Å². The van der Waals surface area contributed by atoms with Crippen LogP contribution in [0.5, 0.6) is 5.75 Å². The van der Waals surface area contributed by atoms with Gasteiger partial charge in [0, 0.05) is 5.56 Å². The molecule has 88 valence electrons. The monoisotopic (exact) mass is 220 g/mol. The van der Waals surface area contributed by atoms with Crippen molar-refractivity contribution in [3.05, 3.63) is 41.5 Å². The summed E-state index contributed by atoms with van der Waals surface area (Å²) >= 11 is 0. The Morgan fingerprint density at radius 2 is 2.06 bits per heavy atom. The number of hydrogen-bond donors (Lipinski definition) is 1. The van der Waals surface area contributed by atoms with Crippen LogP contribution < -0.4 is 4.74 Å². The molecule has 0 saturated heterocycles. The molecule has 0 bridgehead atoms. The molecule has 2 nitrogen and oxygen atoms in total. The van der Waals surface area contributed by atoms with Crippen molar-refractivity contribution in [2.75, 3.05) is 6.61 Å². The maximum atomic E-state index is 9.82. The number of aliphatic hydroxyl groups is 1. The fourth-order valence-electron chi connectivity index (χ4n) is 1.41. The van der Waals surface area contributed by atoms with Crippen molar-refractivity contribution in [3.63, 3.8) is 0 Å². The van der Waals surface area contributed by atoms with Crippen molar-refractivity contribution in [3.8, 4) is 5.75 Å². The Kier molecular flexibility index (Phi) is 5.06. The van der Waals surface area contributed by atoms with Crippen LogP contribution in [0, 0.1) is 0 Å². The van der Waals surface area contributed by atoms with E-state index in [1.165, 1.54) is 5.57 Å². The first-order valence-electron chi connectivity index (χ1n) is 5.68. The van der Waals surface area contributed by atoms with Gasteiger partial charge in [-0.15, -0.1) is 0 Å². The highest BCUT2D eigenvalue weighted by Crippen LogP contribution is 2.26. The molecule has 1 unspecified atom stereocenters. The number of aliphatic hydroxyl groups excluding tert-OH is 1. The molecular formula is C14H20O2. The lowest BCUT2D eigenvalue weighted by Gasteiger charge is -2.14. The summed E-state index contributed by atoms with van der Waals surface area (Å²) in [5, 5.41) is 9.82. The Hall–Kier alpha value is -1.28. The summed E-state index contributed by atoms with van der Waals surface area (Å²) in [6, 6.07) is 7.64.